The zero-order valence-corrected chi connectivity index (χ0v) is 14.3. The van der Waals surface area contributed by atoms with Crippen molar-refractivity contribution in [3.05, 3.63) is 29.8 Å². The monoisotopic (exact) mass is 312 g/mol. The van der Waals surface area contributed by atoms with E-state index in [-0.39, 0.29) is 12.1 Å². The van der Waals surface area contributed by atoms with E-state index in [0.717, 1.165) is 23.4 Å². The van der Waals surface area contributed by atoms with Crippen molar-refractivity contribution in [1.82, 2.24) is 5.32 Å². The number of hydrogen-bond acceptors (Lipinski definition) is 1. The molecule has 0 saturated heterocycles. The second-order valence-electron chi connectivity index (χ2n) is 8.47. The van der Waals surface area contributed by atoms with Crippen molar-refractivity contribution in [3.8, 4) is 0 Å². The zero-order chi connectivity index (χ0) is 16.0. The number of carbonyl (C=O) groups is 1. The number of carbonyl (C=O) groups excluding carboxylic acids is 1. The zero-order valence-electron chi connectivity index (χ0n) is 14.3. The molecule has 4 saturated carbocycles. The highest BCUT2D eigenvalue weighted by Gasteiger charge is 2.53. The Kier molecular flexibility index (Phi) is 3.62. The van der Waals surface area contributed by atoms with Crippen LogP contribution in [0.2, 0.25) is 0 Å². The molecule has 0 aromatic heterocycles. The Hall–Kier alpha value is -1.51. The van der Waals surface area contributed by atoms with E-state index in [1.54, 1.807) is 0 Å². The molecule has 0 radical (unpaired) electrons. The van der Waals surface area contributed by atoms with Crippen molar-refractivity contribution >= 4 is 11.7 Å². The van der Waals surface area contributed by atoms with Gasteiger partial charge in [0.15, 0.2) is 0 Å². The maximum atomic E-state index is 12.4. The fraction of sp³-hybridized carbons (Fsp3) is 0.650. The van der Waals surface area contributed by atoms with Gasteiger partial charge in [0, 0.05) is 11.7 Å². The molecule has 3 heteroatoms. The number of aryl methyl sites for hydroxylation is 1. The van der Waals surface area contributed by atoms with Crippen LogP contribution >= 0.6 is 0 Å². The summed E-state index contributed by atoms with van der Waals surface area (Å²) in [6.07, 6.45) is 8.31. The third-order valence-electron chi connectivity index (χ3n) is 6.66. The Bertz CT molecular complexity index is 557. The quantitative estimate of drug-likeness (QED) is 0.833. The summed E-state index contributed by atoms with van der Waals surface area (Å²) in [4.78, 5) is 12.4. The van der Waals surface area contributed by atoms with Crippen molar-refractivity contribution < 1.29 is 4.79 Å². The topological polar surface area (TPSA) is 41.1 Å². The van der Waals surface area contributed by atoms with E-state index in [4.69, 9.17) is 0 Å². The van der Waals surface area contributed by atoms with Gasteiger partial charge < -0.3 is 10.6 Å². The molecule has 2 N–H and O–H groups in total. The predicted molar refractivity (Wildman–Crippen MR) is 93.4 cm³/mol. The summed E-state index contributed by atoms with van der Waals surface area (Å²) < 4.78 is 0. The lowest BCUT2D eigenvalue weighted by Gasteiger charge is -2.59. The first-order valence-corrected chi connectivity index (χ1v) is 9.17. The molecule has 0 spiro atoms. The molecule has 0 aliphatic heterocycles. The van der Waals surface area contributed by atoms with Crippen LogP contribution in [0.15, 0.2) is 24.3 Å². The largest absolute Gasteiger partial charge is 0.335 e. The lowest BCUT2D eigenvalue weighted by atomic mass is 9.48. The van der Waals surface area contributed by atoms with Gasteiger partial charge in [-0.3, -0.25) is 0 Å². The van der Waals surface area contributed by atoms with Gasteiger partial charge >= 0.3 is 6.03 Å². The Morgan fingerprint density at radius 1 is 1.04 bits per heavy atom. The van der Waals surface area contributed by atoms with Gasteiger partial charge in [-0.2, -0.15) is 0 Å². The average Bonchev–Trinajstić information content (AvgIpc) is 2.48. The molecule has 1 aromatic rings. The van der Waals surface area contributed by atoms with Crippen molar-refractivity contribution in [3.63, 3.8) is 0 Å². The standard InChI is InChI=1S/C20H28N2O/c1-13-3-5-18(6-4-13)22-19(23)21-14(2)20-10-15-7-16(11-20)9-17(8-15)12-20/h3-6,14-17H,7-12H2,1-2H3,(H2,21,22,23). The summed E-state index contributed by atoms with van der Waals surface area (Å²) in [5, 5.41) is 6.23. The van der Waals surface area contributed by atoms with E-state index in [1.165, 1.54) is 44.1 Å². The molecule has 124 valence electrons. The lowest BCUT2D eigenvalue weighted by molar-refractivity contribution is -0.0679. The molecule has 1 aromatic carbocycles. The number of anilines is 1. The maximum absolute atomic E-state index is 12.4. The van der Waals surface area contributed by atoms with E-state index >= 15 is 0 Å². The van der Waals surface area contributed by atoms with Crippen molar-refractivity contribution in [2.45, 2.75) is 58.4 Å². The molecule has 4 aliphatic carbocycles. The van der Waals surface area contributed by atoms with Gasteiger partial charge in [0.1, 0.15) is 0 Å². The first-order valence-electron chi connectivity index (χ1n) is 9.17. The molecular formula is C20H28N2O. The normalized spacial score (nSPS) is 35.8. The average molecular weight is 312 g/mol. The van der Waals surface area contributed by atoms with Crippen LogP contribution < -0.4 is 10.6 Å². The van der Waals surface area contributed by atoms with E-state index in [2.05, 4.69) is 24.5 Å². The molecule has 1 unspecified atom stereocenters. The fourth-order valence-corrected chi connectivity index (χ4v) is 5.86. The van der Waals surface area contributed by atoms with Crippen LogP contribution in [0.5, 0.6) is 0 Å². The van der Waals surface area contributed by atoms with Gasteiger partial charge in [-0.1, -0.05) is 17.7 Å². The van der Waals surface area contributed by atoms with Crippen LogP contribution in [0.1, 0.15) is 51.0 Å². The summed E-state index contributed by atoms with van der Waals surface area (Å²) in [7, 11) is 0. The summed E-state index contributed by atoms with van der Waals surface area (Å²) in [5.74, 6) is 2.77. The van der Waals surface area contributed by atoms with Crippen LogP contribution in [0, 0.1) is 30.1 Å². The molecule has 3 nitrogen and oxygen atoms in total. The highest BCUT2D eigenvalue weighted by atomic mass is 16.2. The number of rotatable bonds is 3. The first kappa shape index (κ1) is 15.0. The number of hydrogen-bond donors (Lipinski definition) is 2. The molecule has 23 heavy (non-hydrogen) atoms. The number of urea groups is 1. The van der Waals surface area contributed by atoms with E-state index in [9.17, 15) is 4.79 Å². The van der Waals surface area contributed by atoms with Gasteiger partial charge in [-0.25, -0.2) is 4.79 Å². The number of nitrogens with one attached hydrogen (secondary N) is 2. The Labute approximate surface area is 139 Å². The summed E-state index contributed by atoms with van der Waals surface area (Å²) in [5.41, 5.74) is 2.43. The van der Waals surface area contributed by atoms with Crippen LogP contribution in [0.4, 0.5) is 10.5 Å². The minimum absolute atomic E-state index is 0.0582. The number of amides is 2. The first-order chi connectivity index (χ1) is 11.0. The van der Waals surface area contributed by atoms with Crippen LogP contribution in [0.25, 0.3) is 0 Å². The maximum Gasteiger partial charge on any atom is 0.319 e. The Morgan fingerprint density at radius 2 is 1.57 bits per heavy atom. The summed E-state index contributed by atoms with van der Waals surface area (Å²) >= 11 is 0. The second-order valence-corrected chi connectivity index (χ2v) is 8.47. The number of benzene rings is 1. The third-order valence-corrected chi connectivity index (χ3v) is 6.66. The lowest BCUT2D eigenvalue weighted by Crippen LogP contribution is -2.56. The minimum Gasteiger partial charge on any atom is -0.335 e. The summed E-state index contributed by atoms with van der Waals surface area (Å²) in [6, 6.07) is 8.18. The fourth-order valence-electron chi connectivity index (χ4n) is 5.86. The molecule has 4 bridgehead atoms. The van der Waals surface area contributed by atoms with Crippen LogP contribution in [0.3, 0.4) is 0 Å². The molecule has 0 heterocycles. The van der Waals surface area contributed by atoms with Gasteiger partial charge in [-0.15, -0.1) is 0 Å². The minimum atomic E-state index is -0.0582. The molecule has 2 amide bonds. The predicted octanol–water partition coefficient (Wildman–Crippen LogP) is 4.72. The molecule has 4 aliphatic rings. The van der Waals surface area contributed by atoms with Gasteiger partial charge in [-0.05, 0) is 87.7 Å². The Balaban J connectivity index is 1.40. The van der Waals surface area contributed by atoms with Crippen LogP contribution in [-0.4, -0.2) is 12.1 Å². The molecule has 4 fully saturated rings. The van der Waals surface area contributed by atoms with E-state index in [0.29, 0.717) is 5.41 Å². The highest BCUT2D eigenvalue weighted by Crippen LogP contribution is 2.61. The molecular weight excluding hydrogens is 284 g/mol. The van der Waals surface area contributed by atoms with Crippen molar-refractivity contribution in [2.24, 2.45) is 23.2 Å². The highest BCUT2D eigenvalue weighted by molar-refractivity contribution is 5.89. The summed E-state index contributed by atoms with van der Waals surface area (Å²) in [6.45, 7) is 4.28. The van der Waals surface area contributed by atoms with Crippen molar-refractivity contribution in [1.29, 1.82) is 0 Å². The van der Waals surface area contributed by atoms with Gasteiger partial charge in [0.25, 0.3) is 0 Å². The second kappa shape index (κ2) is 5.54. The SMILES string of the molecule is Cc1ccc(NC(=O)NC(C)C23CC4CC(CC(C4)C2)C3)cc1. The van der Waals surface area contributed by atoms with E-state index < -0.39 is 0 Å². The third kappa shape index (κ3) is 2.86. The smallest absolute Gasteiger partial charge is 0.319 e. The van der Waals surface area contributed by atoms with Crippen LogP contribution in [-0.2, 0) is 0 Å². The van der Waals surface area contributed by atoms with E-state index in [1.807, 2.05) is 24.3 Å². The van der Waals surface area contributed by atoms with Gasteiger partial charge in [0.05, 0.1) is 0 Å². The molecule has 1 atom stereocenters. The molecule has 5 rings (SSSR count). The Morgan fingerprint density at radius 3 is 2.09 bits per heavy atom. The van der Waals surface area contributed by atoms with Gasteiger partial charge in [0.2, 0.25) is 0 Å². The van der Waals surface area contributed by atoms with Crippen molar-refractivity contribution in [2.75, 3.05) is 5.32 Å².